The van der Waals surface area contributed by atoms with Gasteiger partial charge in [-0.3, -0.25) is 9.69 Å². The number of aromatic nitrogens is 2. The molecular weight excluding hydrogens is 507 g/mol. The lowest BCUT2D eigenvalue weighted by Crippen LogP contribution is -2.48. The average molecular weight is 531 g/mol. The Hall–Kier alpha value is -4.31. The molecule has 1 fully saturated rings. The highest BCUT2D eigenvalue weighted by Gasteiger charge is 2.31. The van der Waals surface area contributed by atoms with E-state index in [1.807, 2.05) is 11.0 Å². The third kappa shape index (κ3) is 5.20. The van der Waals surface area contributed by atoms with E-state index in [-0.39, 0.29) is 34.8 Å². The summed E-state index contributed by atoms with van der Waals surface area (Å²) in [6, 6.07) is 17.2. The summed E-state index contributed by atoms with van der Waals surface area (Å²) in [6.45, 7) is 1.74. The molecule has 0 bridgehead atoms. The van der Waals surface area contributed by atoms with Crippen LogP contribution in [0.2, 0.25) is 0 Å². The van der Waals surface area contributed by atoms with E-state index in [1.165, 1.54) is 41.9 Å². The van der Waals surface area contributed by atoms with Gasteiger partial charge in [0.05, 0.1) is 11.6 Å². The number of aryl methyl sites for hydroxylation is 1. The summed E-state index contributed by atoms with van der Waals surface area (Å²) in [4.78, 5) is 21.6. The quantitative estimate of drug-likeness (QED) is 0.365. The maximum atomic E-state index is 13.7. The first-order valence-electron chi connectivity index (χ1n) is 12.2. The Bertz CT molecular complexity index is 1550. The maximum absolute atomic E-state index is 13.7. The van der Waals surface area contributed by atoms with Gasteiger partial charge in [0.2, 0.25) is 0 Å². The van der Waals surface area contributed by atoms with Crippen molar-refractivity contribution in [3.05, 3.63) is 99.5 Å². The first kappa shape index (κ1) is 26.3. The zero-order chi connectivity index (χ0) is 27.7. The van der Waals surface area contributed by atoms with Crippen molar-refractivity contribution in [2.45, 2.75) is 6.04 Å². The summed E-state index contributed by atoms with van der Waals surface area (Å²) in [5.74, 6) is -1.01. The molecular formula is C27H24BF2N5O4. The van der Waals surface area contributed by atoms with Crippen LogP contribution < -0.4 is 15.1 Å². The van der Waals surface area contributed by atoms with E-state index >= 15 is 0 Å². The van der Waals surface area contributed by atoms with Gasteiger partial charge in [-0.05, 0) is 47.5 Å². The minimum Gasteiger partial charge on any atom is -0.506 e. The molecule has 4 aromatic rings. The SMILES string of the molecule is Cn1c(=O)c(OB(O)O)c(N2CCN(C(c3ccc(F)cc3)c3ccc(F)cc3)CC2)c2nc(C#N)ccc21. The topological polar surface area (TPSA) is 115 Å². The average Bonchev–Trinajstić information content (AvgIpc) is 2.94. The molecule has 2 aromatic heterocycles. The molecule has 1 aliphatic rings. The fraction of sp³-hybridized carbons (Fsp3) is 0.222. The summed E-state index contributed by atoms with van der Waals surface area (Å²) in [7, 11) is -0.733. The Labute approximate surface area is 222 Å². The van der Waals surface area contributed by atoms with Crippen molar-refractivity contribution in [3.8, 4) is 11.8 Å². The number of anilines is 1. The molecule has 39 heavy (non-hydrogen) atoms. The fourth-order valence-electron chi connectivity index (χ4n) is 5.04. The highest BCUT2D eigenvalue weighted by atomic mass is 19.1. The summed E-state index contributed by atoms with van der Waals surface area (Å²) < 4.78 is 33.8. The number of fused-ring (bicyclic) bond motifs is 1. The van der Waals surface area contributed by atoms with Crippen LogP contribution in [0, 0.1) is 23.0 Å². The Morgan fingerprint density at radius 3 is 2.03 bits per heavy atom. The third-order valence-corrected chi connectivity index (χ3v) is 6.88. The summed E-state index contributed by atoms with van der Waals surface area (Å²) in [6.07, 6.45) is 0. The van der Waals surface area contributed by atoms with E-state index in [1.54, 1.807) is 30.3 Å². The number of halogens is 2. The van der Waals surface area contributed by atoms with Crippen LogP contribution in [0.1, 0.15) is 22.9 Å². The Morgan fingerprint density at radius 1 is 0.949 bits per heavy atom. The highest BCUT2D eigenvalue weighted by Crippen LogP contribution is 2.36. The molecule has 2 N–H and O–H groups in total. The first-order chi connectivity index (χ1) is 18.8. The van der Waals surface area contributed by atoms with Crippen molar-refractivity contribution in [2.75, 3.05) is 31.1 Å². The van der Waals surface area contributed by atoms with Crippen molar-refractivity contribution in [2.24, 2.45) is 7.05 Å². The smallest absolute Gasteiger partial charge is 0.506 e. The molecule has 0 aliphatic carbocycles. The Kier molecular flexibility index (Phi) is 7.30. The van der Waals surface area contributed by atoms with Crippen LogP contribution in [0.5, 0.6) is 5.75 Å². The molecule has 3 heterocycles. The zero-order valence-electron chi connectivity index (χ0n) is 21.0. The first-order valence-corrected chi connectivity index (χ1v) is 12.2. The van der Waals surface area contributed by atoms with Gasteiger partial charge in [0.15, 0.2) is 5.75 Å². The number of hydrogen-bond donors (Lipinski definition) is 2. The Morgan fingerprint density at radius 2 is 1.51 bits per heavy atom. The van der Waals surface area contributed by atoms with Crippen LogP contribution in [-0.4, -0.2) is 58.0 Å². The molecule has 0 atom stereocenters. The monoisotopic (exact) mass is 531 g/mol. The van der Waals surface area contributed by atoms with Gasteiger partial charge in [-0.15, -0.1) is 0 Å². The second-order valence-electron chi connectivity index (χ2n) is 9.19. The maximum Gasteiger partial charge on any atom is 0.707 e. The van der Waals surface area contributed by atoms with Crippen molar-refractivity contribution in [3.63, 3.8) is 0 Å². The minimum atomic E-state index is -2.24. The standard InChI is InChI=1S/C27H24BF2N5O4/c1-33-22-11-10-21(16-31)32-23(22)25(26(27(33)36)39-28(37)38)35-14-12-34(13-15-35)24(17-2-6-19(29)7-3-17)18-4-8-20(30)9-5-18/h2-11,24,37-38H,12-15H2,1H3. The van der Waals surface area contributed by atoms with Crippen LogP contribution in [-0.2, 0) is 7.05 Å². The minimum absolute atomic E-state index is 0.129. The second kappa shape index (κ2) is 10.8. The van der Waals surface area contributed by atoms with E-state index in [9.17, 15) is 28.9 Å². The van der Waals surface area contributed by atoms with Gasteiger partial charge < -0.3 is 24.2 Å². The number of benzene rings is 2. The van der Waals surface area contributed by atoms with Gasteiger partial charge in [0.25, 0.3) is 5.56 Å². The third-order valence-electron chi connectivity index (χ3n) is 6.88. The van der Waals surface area contributed by atoms with Crippen LogP contribution in [0.3, 0.4) is 0 Å². The highest BCUT2D eigenvalue weighted by molar-refractivity contribution is 6.34. The molecule has 0 radical (unpaired) electrons. The van der Waals surface area contributed by atoms with E-state index in [4.69, 9.17) is 4.65 Å². The number of piperazine rings is 1. The van der Waals surface area contributed by atoms with Gasteiger partial charge in [-0.1, -0.05) is 24.3 Å². The molecule has 198 valence electrons. The number of nitriles is 1. The van der Waals surface area contributed by atoms with E-state index < -0.39 is 12.9 Å². The number of rotatable bonds is 6. The molecule has 0 amide bonds. The van der Waals surface area contributed by atoms with Gasteiger partial charge >= 0.3 is 7.32 Å². The van der Waals surface area contributed by atoms with Gasteiger partial charge in [-0.25, -0.2) is 13.8 Å². The molecule has 1 aliphatic heterocycles. The largest absolute Gasteiger partial charge is 0.707 e. The van der Waals surface area contributed by atoms with Gasteiger partial charge in [0.1, 0.15) is 34.6 Å². The normalized spacial score (nSPS) is 14.0. The molecule has 2 aromatic carbocycles. The summed E-state index contributed by atoms with van der Waals surface area (Å²) in [5, 5.41) is 28.5. The van der Waals surface area contributed by atoms with Crippen molar-refractivity contribution < 1.29 is 23.5 Å². The number of pyridine rings is 2. The van der Waals surface area contributed by atoms with Crippen LogP contribution in [0.15, 0.2) is 65.5 Å². The predicted octanol–water partition coefficient (Wildman–Crippen LogP) is 2.34. The van der Waals surface area contributed by atoms with Gasteiger partial charge in [-0.2, -0.15) is 5.26 Å². The van der Waals surface area contributed by atoms with Crippen molar-refractivity contribution in [1.82, 2.24) is 14.5 Å². The number of nitrogens with zero attached hydrogens (tertiary/aromatic N) is 5. The lowest BCUT2D eigenvalue weighted by molar-refractivity contribution is 0.211. The second-order valence-corrected chi connectivity index (χ2v) is 9.19. The predicted molar refractivity (Wildman–Crippen MR) is 141 cm³/mol. The lowest BCUT2D eigenvalue weighted by atomic mass is 9.96. The van der Waals surface area contributed by atoms with E-state index in [0.29, 0.717) is 37.2 Å². The zero-order valence-corrected chi connectivity index (χ0v) is 21.0. The van der Waals surface area contributed by atoms with E-state index in [2.05, 4.69) is 9.88 Å². The van der Waals surface area contributed by atoms with Crippen molar-refractivity contribution in [1.29, 1.82) is 5.26 Å². The fourth-order valence-corrected chi connectivity index (χ4v) is 5.04. The summed E-state index contributed by atoms with van der Waals surface area (Å²) in [5.41, 5.74) is 2.24. The molecule has 0 unspecified atom stereocenters. The molecule has 0 spiro atoms. The van der Waals surface area contributed by atoms with Crippen molar-refractivity contribution >= 4 is 24.0 Å². The van der Waals surface area contributed by atoms with Crippen LogP contribution in [0.4, 0.5) is 14.5 Å². The molecule has 1 saturated heterocycles. The molecule has 0 saturated carbocycles. The molecule has 12 heteroatoms. The van der Waals surface area contributed by atoms with Gasteiger partial charge in [0, 0.05) is 33.2 Å². The van der Waals surface area contributed by atoms with Crippen LogP contribution >= 0.6 is 0 Å². The van der Waals surface area contributed by atoms with Crippen LogP contribution in [0.25, 0.3) is 11.0 Å². The summed E-state index contributed by atoms with van der Waals surface area (Å²) >= 11 is 0. The molecule has 9 nitrogen and oxygen atoms in total. The Balaban J connectivity index is 1.53. The lowest BCUT2D eigenvalue weighted by Gasteiger charge is -2.41. The number of hydrogen-bond acceptors (Lipinski definition) is 8. The van der Waals surface area contributed by atoms with E-state index in [0.717, 1.165) is 11.1 Å². The molecule has 5 rings (SSSR count).